The van der Waals surface area contributed by atoms with E-state index in [1.54, 1.807) is 0 Å². The smallest absolute Gasteiger partial charge is 0.0371 e. The lowest BCUT2D eigenvalue weighted by molar-refractivity contribution is 0.439. The highest BCUT2D eigenvalue weighted by molar-refractivity contribution is 5.57. The fraction of sp³-hybridized carbons (Fsp3) is 0.571. The van der Waals surface area contributed by atoms with Crippen LogP contribution in [0.4, 0.5) is 11.4 Å². The molecule has 1 saturated carbocycles. The molecule has 0 aliphatic heterocycles. The van der Waals surface area contributed by atoms with E-state index >= 15 is 0 Å². The molecule has 2 atom stereocenters. The van der Waals surface area contributed by atoms with Crippen LogP contribution in [0.2, 0.25) is 0 Å². The maximum atomic E-state index is 5.74. The average molecular weight is 218 g/mol. The Morgan fingerprint density at radius 1 is 1.38 bits per heavy atom. The van der Waals surface area contributed by atoms with Crippen molar-refractivity contribution in [2.75, 3.05) is 17.6 Å². The van der Waals surface area contributed by atoms with Gasteiger partial charge >= 0.3 is 0 Å². The monoisotopic (exact) mass is 218 g/mol. The van der Waals surface area contributed by atoms with Crippen molar-refractivity contribution in [2.45, 2.75) is 33.1 Å². The summed E-state index contributed by atoms with van der Waals surface area (Å²) in [6, 6.07) is 6.08. The van der Waals surface area contributed by atoms with Gasteiger partial charge in [0.15, 0.2) is 0 Å². The van der Waals surface area contributed by atoms with Crippen LogP contribution in [0.3, 0.4) is 0 Å². The number of aryl methyl sites for hydroxylation is 1. The van der Waals surface area contributed by atoms with Crippen molar-refractivity contribution in [3.05, 3.63) is 23.8 Å². The second kappa shape index (κ2) is 4.77. The molecule has 0 spiro atoms. The Bertz CT molecular complexity index is 360. The van der Waals surface area contributed by atoms with E-state index in [0.717, 1.165) is 24.1 Å². The fourth-order valence-corrected chi connectivity index (χ4v) is 2.65. The minimum Gasteiger partial charge on any atom is -0.399 e. The van der Waals surface area contributed by atoms with Crippen LogP contribution in [0.25, 0.3) is 0 Å². The number of nitrogens with two attached hydrogens (primary N) is 1. The largest absolute Gasteiger partial charge is 0.399 e. The lowest BCUT2D eigenvalue weighted by Gasteiger charge is -2.18. The fourth-order valence-electron chi connectivity index (χ4n) is 2.65. The third kappa shape index (κ3) is 2.49. The number of rotatable bonds is 3. The molecule has 0 bridgehead atoms. The normalized spacial score (nSPS) is 24.6. The van der Waals surface area contributed by atoms with Gasteiger partial charge in [0.05, 0.1) is 0 Å². The summed E-state index contributed by atoms with van der Waals surface area (Å²) in [4.78, 5) is 0. The Morgan fingerprint density at radius 3 is 2.81 bits per heavy atom. The van der Waals surface area contributed by atoms with Crippen LogP contribution in [-0.2, 0) is 0 Å². The average Bonchev–Trinajstić information content (AvgIpc) is 2.63. The van der Waals surface area contributed by atoms with Crippen molar-refractivity contribution in [1.82, 2.24) is 0 Å². The van der Waals surface area contributed by atoms with Gasteiger partial charge in [0.25, 0.3) is 0 Å². The maximum Gasteiger partial charge on any atom is 0.0371 e. The van der Waals surface area contributed by atoms with Gasteiger partial charge in [-0.05, 0) is 48.9 Å². The minimum atomic E-state index is 0.844. The lowest BCUT2D eigenvalue weighted by Crippen LogP contribution is -2.16. The SMILES string of the molecule is Cc1cc(N)ccc1NCC1CCCC1C. The molecule has 2 heteroatoms. The van der Waals surface area contributed by atoms with Crippen LogP contribution in [0.1, 0.15) is 31.7 Å². The van der Waals surface area contributed by atoms with Gasteiger partial charge in [0, 0.05) is 17.9 Å². The summed E-state index contributed by atoms with van der Waals surface area (Å²) in [6.45, 7) is 5.58. The van der Waals surface area contributed by atoms with Crippen LogP contribution in [0.15, 0.2) is 18.2 Å². The van der Waals surface area contributed by atoms with E-state index in [1.165, 1.54) is 30.5 Å². The van der Waals surface area contributed by atoms with E-state index in [4.69, 9.17) is 5.73 Å². The number of anilines is 2. The predicted octanol–water partition coefficient (Wildman–Crippen LogP) is 3.43. The molecule has 1 aliphatic carbocycles. The van der Waals surface area contributed by atoms with Crippen molar-refractivity contribution in [2.24, 2.45) is 11.8 Å². The van der Waals surface area contributed by atoms with E-state index in [2.05, 4.69) is 25.2 Å². The van der Waals surface area contributed by atoms with Crippen LogP contribution in [0, 0.1) is 18.8 Å². The van der Waals surface area contributed by atoms with E-state index in [9.17, 15) is 0 Å². The number of benzene rings is 1. The first-order valence-corrected chi connectivity index (χ1v) is 6.27. The van der Waals surface area contributed by atoms with E-state index in [0.29, 0.717) is 0 Å². The minimum absolute atomic E-state index is 0.844. The molecule has 1 fully saturated rings. The third-order valence-electron chi connectivity index (χ3n) is 3.84. The maximum absolute atomic E-state index is 5.74. The molecular weight excluding hydrogens is 196 g/mol. The molecule has 0 saturated heterocycles. The summed E-state index contributed by atoms with van der Waals surface area (Å²) in [5.41, 5.74) is 9.06. The Labute approximate surface area is 98.2 Å². The molecule has 88 valence electrons. The predicted molar refractivity (Wildman–Crippen MR) is 70.6 cm³/mol. The molecule has 2 unspecified atom stereocenters. The zero-order valence-electron chi connectivity index (χ0n) is 10.3. The zero-order valence-corrected chi connectivity index (χ0v) is 10.3. The highest BCUT2D eigenvalue weighted by atomic mass is 14.9. The van der Waals surface area contributed by atoms with Crippen LogP contribution >= 0.6 is 0 Å². The number of hydrogen-bond acceptors (Lipinski definition) is 2. The molecule has 0 heterocycles. The molecule has 1 aliphatic rings. The summed E-state index contributed by atoms with van der Waals surface area (Å²) in [7, 11) is 0. The molecule has 16 heavy (non-hydrogen) atoms. The highest BCUT2D eigenvalue weighted by Gasteiger charge is 2.22. The van der Waals surface area contributed by atoms with Gasteiger partial charge < -0.3 is 11.1 Å². The molecule has 0 amide bonds. The van der Waals surface area contributed by atoms with Gasteiger partial charge in [-0.25, -0.2) is 0 Å². The Morgan fingerprint density at radius 2 is 2.19 bits per heavy atom. The third-order valence-corrected chi connectivity index (χ3v) is 3.84. The summed E-state index contributed by atoms with van der Waals surface area (Å²) < 4.78 is 0. The van der Waals surface area contributed by atoms with Crippen LogP contribution < -0.4 is 11.1 Å². The quantitative estimate of drug-likeness (QED) is 0.763. The number of nitrogen functional groups attached to an aromatic ring is 1. The molecule has 3 N–H and O–H groups in total. The van der Waals surface area contributed by atoms with Crippen molar-refractivity contribution in [1.29, 1.82) is 0 Å². The van der Waals surface area contributed by atoms with Gasteiger partial charge in [-0.2, -0.15) is 0 Å². The number of nitrogens with one attached hydrogen (secondary N) is 1. The molecule has 2 nitrogen and oxygen atoms in total. The standard InChI is InChI=1S/C14H22N2/c1-10-4-3-5-12(10)9-16-14-7-6-13(15)8-11(14)2/h6-8,10,12,16H,3-5,9,15H2,1-2H3. The highest BCUT2D eigenvalue weighted by Crippen LogP contribution is 2.31. The molecule has 2 rings (SSSR count). The van der Waals surface area contributed by atoms with Crippen molar-refractivity contribution in [3.8, 4) is 0 Å². The van der Waals surface area contributed by atoms with Gasteiger partial charge in [-0.1, -0.05) is 19.8 Å². The van der Waals surface area contributed by atoms with Crippen LogP contribution in [0.5, 0.6) is 0 Å². The van der Waals surface area contributed by atoms with Gasteiger partial charge in [-0.15, -0.1) is 0 Å². The van der Waals surface area contributed by atoms with Crippen molar-refractivity contribution in [3.63, 3.8) is 0 Å². The topological polar surface area (TPSA) is 38.0 Å². The first kappa shape index (κ1) is 11.3. The Kier molecular flexibility index (Phi) is 3.37. The van der Waals surface area contributed by atoms with E-state index < -0.39 is 0 Å². The second-order valence-corrected chi connectivity index (χ2v) is 5.12. The van der Waals surface area contributed by atoms with Gasteiger partial charge in [0.1, 0.15) is 0 Å². The van der Waals surface area contributed by atoms with Gasteiger partial charge in [0.2, 0.25) is 0 Å². The first-order valence-electron chi connectivity index (χ1n) is 6.27. The summed E-state index contributed by atoms with van der Waals surface area (Å²) in [5.74, 6) is 1.72. The van der Waals surface area contributed by atoms with Crippen molar-refractivity contribution < 1.29 is 0 Å². The molecule has 1 aromatic carbocycles. The molecule has 1 aromatic rings. The summed E-state index contributed by atoms with van der Waals surface area (Å²) in [5, 5.41) is 3.56. The first-order chi connectivity index (χ1) is 7.66. The van der Waals surface area contributed by atoms with E-state index in [1.807, 2.05) is 12.1 Å². The zero-order chi connectivity index (χ0) is 11.5. The van der Waals surface area contributed by atoms with E-state index in [-0.39, 0.29) is 0 Å². The summed E-state index contributed by atoms with van der Waals surface area (Å²) in [6.07, 6.45) is 4.17. The van der Waals surface area contributed by atoms with Crippen LogP contribution in [-0.4, -0.2) is 6.54 Å². The molecule has 0 aromatic heterocycles. The van der Waals surface area contributed by atoms with Gasteiger partial charge in [-0.3, -0.25) is 0 Å². The lowest BCUT2D eigenvalue weighted by atomic mass is 9.98. The second-order valence-electron chi connectivity index (χ2n) is 5.12. The summed E-state index contributed by atoms with van der Waals surface area (Å²) >= 11 is 0. The Balaban J connectivity index is 1.94. The molecule has 0 radical (unpaired) electrons. The van der Waals surface area contributed by atoms with Crippen molar-refractivity contribution >= 4 is 11.4 Å². The molecular formula is C14H22N2. The Hall–Kier alpha value is -1.18. The number of hydrogen-bond donors (Lipinski definition) is 2.